The van der Waals surface area contributed by atoms with Gasteiger partial charge in [0.15, 0.2) is 0 Å². The van der Waals surface area contributed by atoms with Gasteiger partial charge >= 0.3 is 0 Å². The Balaban J connectivity index is 2.69. The van der Waals surface area contributed by atoms with E-state index in [1.54, 1.807) is 0 Å². The van der Waals surface area contributed by atoms with Crippen LogP contribution in [0.3, 0.4) is 0 Å². The predicted octanol–water partition coefficient (Wildman–Crippen LogP) is 3.74. The highest BCUT2D eigenvalue weighted by Crippen LogP contribution is 2.21. The SMILES string of the molecule is CCCCS(=O)(=O)Nc1ccc([C@H](C)CC)cc1. The number of hydrogen-bond acceptors (Lipinski definition) is 2. The van der Waals surface area contributed by atoms with Crippen molar-refractivity contribution in [1.29, 1.82) is 0 Å². The van der Waals surface area contributed by atoms with Gasteiger partial charge in [-0.1, -0.05) is 39.3 Å². The quantitative estimate of drug-likeness (QED) is 0.819. The lowest BCUT2D eigenvalue weighted by atomic mass is 9.99. The summed E-state index contributed by atoms with van der Waals surface area (Å²) in [4.78, 5) is 0. The molecular weight excluding hydrogens is 246 g/mol. The van der Waals surface area contributed by atoms with Crippen LogP contribution in [-0.4, -0.2) is 14.2 Å². The molecule has 102 valence electrons. The molecule has 1 aromatic rings. The number of unbranched alkanes of at least 4 members (excludes halogenated alkanes) is 1. The fourth-order valence-corrected chi connectivity index (χ4v) is 2.95. The van der Waals surface area contributed by atoms with E-state index in [1.807, 2.05) is 31.2 Å². The minimum atomic E-state index is -3.19. The van der Waals surface area contributed by atoms with Crippen LogP contribution in [0.15, 0.2) is 24.3 Å². The van der Waals surface area contributed by atoms with Crippen molar-refractivity contribution in [3.8, 4) is 0 Å². The first-order chi connectivity index (χ1) is 8.48. The Morgan fingerprint density at radius 1 is 1.17 bits per heavy atom. The van der Waals surface area contributed by atoms with Crippen molar-refractivity contribution in [2.24, 2.45) is 0 Å². The molecule has 0 aromatic heterocycles. The average Bonchev–Trinajstić information content (AvgIpc) is 2.36. The van der Waals surface area contributed by atoms with Crippen LogP contribution in [0.1, 0.15) is 51.5 Å². The lowest BCUT2D eigenvalue weighted by Crippen LogP contribution is -2.16. The largest absolute Gasteiger partial charge is 0.284 e. The maximum atomic E-state index is 11.7. The molecule has 0 fully saturated rings. The van der Waals surface area contributed by atoms with Crippen LogP contribution >= 0.6 is 0 Å². The van der Waals surface area contributed by atoms with E-state index in [9.17, 15) is 8.42 Å². The number of hydrogen-bond donors (Lipinski definition) is 1. The van der Waals surface area contributed by atoms with Crippen LogP contribution in [0, 0.1) is 0 Å². The highest BCUT2D eigenvalue weighted by Gasteiger charge is 2.09. The molecule has 0 saturated carbocycles. The normalized spacial score (nSPS) is 13.3. The van der Waals surface area contributed by atoms with Gasteiger partial charge in [-0.15, -0.1) is 0 Å². The minimum absolute atomic E-state index is 0.191. The van der Waals surface area contributed by atoms with Crippen LogP contribution in [0.25, 0.3) is 0 Å². The van der Waals surface area contributed by atoms with E-state index in [0.29, 0.717) is 18.0 Å². The summed E-state index contributed by atoms with van der Waals surface area (Å²) in [6.07, 6.45) is 2.66. The third-order valence-electron chi connectivity index (χ3n) is 3.13. The Bertz CT molecular complexity index is 451. The van der Waals surface area contributed by atoms with E-state index >= 15 is 0 Å². The Morgan fingerprint density at radius 2 is 1.78 bits per heavy atom. The number of anilines is 1. The monoisotopic (exact) mass is 269 g/mol. The molecule has 0 aliphatic rings. The third kappa shape index (κ3) is 4.69. The molecule has 0 spiro atoms. The van der Waals surface area contributed by atoms with Crippen LogP contribution in [0.5, 0.6) is 0 Å². The molecule has 0 radical (unpaired) electrons. The Hall–Kier alpha value is -1.03. The lowest BCUT2D eigenvalue weighted by Gasteiger charge is -2.11. The van der Waals surface area contributed by atoms with Gasteiger partial charge < -0.3 is 0 Å². The van der Waals surface area contributed by atoms with E-state index in [1.165, 1.54) is 5.56 Å². The van der Waals surface area contributed by atoms with Crippen LogP contribution < -0.4 is 4.72 Å². The van der Waals surface area contributed by atoms with Crippen LogP contribution in [-0.2, 0) is 10.0 Å². The van der Waals surface area contributed by atoms with Crippen molar-refractivity contribution in [2.75, 3.05) is 10.5 Å². The lowest BCUT2D eigenvalue weighted by molar-refractivity contribution is 0.598. The molecular formula is C14H23NO2S. The summed E-state index contributed by atoms with van der Waals surface area (Å²) in [5, 5.41) is 0. The van der Waals surface area contributed by atoms with E-state index in [4.69, 9.17) is 0 Å². The molecule has 0 aliphatic carbocycles. The molecule has 0 bridgehead atoms. The first-order valence-corrected chi connectivity index (χ1v) is 8.24. The fraction of sp³-hybridized carbons (Fsp3) is 0.571. The molecule has 1 rings (SSSR count). The summed E-state index contributed by atoms with van der Waals surface area (Å²) in [5.41, 5.74) is 1.90. The molecule has 18 heavy (non-hydrogen) atoms. The Kier molecular flexibility index (Phi) is 5.66. The molecule has 0 amide bonds. The molecule has 1 aromatic carbocycles. The van der Waals surface area contributed by atoms with E-state index < -0.39 is 10.0 Å². The van der Waals surface area contributed by atoms with Gasteiger partial charge in [0.25, 0.3) is 0 Å². The summed E-state index contributed by atoms with van der Waals surface area (Å²) in [6, 6.07) is 7.66. The van der Waals surface area contributed by atoms with Gasteiger partial charge in [0.1, 0.15) is 0 Å². The Labute approximate surface area is 111 Å². The second kappa shape index (κ2) is 6.78. The Morgan fingerprint density at radius 3 is 2.28 bits per heavy atom. The second-order valence-corrected chi connectivity index (χ2v) is 6.55. The van der Waals surface area contributed by atoms with Gasteiger partial charge in [0.05, 0.1) is 5.75 Å². The predicted molar refractivity (Wildman–Crippen MR) is 77.5 cm³/mol. The smallest absolute Gasteiger partial charge is 0.232 e. The summed E-state index contributed by atoms with van der Waals surface area (Å²) in [6.45, 7) is 6.29. The van der Waals surface area contributed by atoms with Crippen molar-refractivity contribution in [3.63, 3.8) is 0 Å². The maximum absolute atomic E-state index is 11.7. The molecule has 3 nitrogen and oxygen atoms in total. The molecule has 0 heterocycles. The number of sulfonamides is 1. The number of rotatable bonds is 7. The summed E-state index contributed by atoms with van der Waals surface area (Å²) in [5.74, 6) is 0.701. The van der Waals surface area contributed by atoms with Gasteiger partial charge in [-0.05, 0) is 36.5 Å². The van der Waals surface area contributed by atoms with E-state index in [-0.39, 0.29) is 5.75 Å². The molecule has 4 heteroatoms. The first kappa shape index (κ1) is 15.0. The molecule has 0 saturated heterocycles. The minimum Gasteiger partial charge on any atom is -0.284 e. The average molecular weight is 269 g/mol. The van der Waals surface area contributed by atoms with E-state index in [2.05, 4.69) is 18.6 Å². The fourth-order valence-electron chi connectivity index (χ4n) is 1.68. The second-order valence-electron chi connectivity index (χ2n) is 4.71. The van der Waals surface area contributed by atoms with E-state index in [0.717, 1.165) is 12.8 Å². The standard InChI is InChI=1S/C14H23NO2S/c1-4-6-11-18(16,17)15-14-9-7-13(8-10-14)12(3)5-2/h7-10,12,15H,4-6,11H2,1-3H3/t12-/m1/s1. The van der Waals surface area contributed by atoms with Gasteiger partial charge in [-0.3, -0.25) is 4.72 Å². The van der Waals surface area contributed by atoms with Gasteiger partial charge in [-0.25, -0.2) is 8.42 Å². The first-order valence-electron chi connectivity index (χ1n) is 6.59. The molecule has 1 N–H and O–H groups in total. The topological polar surface area (TPSA) is 46.2 Å². The summed E-state index contributed by atoms with van der Waals surface area (Å²) in [7, 11) is -3.19. The van der Waals surface area contributed by atoms with Gasteiger partial charge in [-0.2, -0.15) is 0 Å². The maximum Gasteiger partial charge on any atom is 0.232 e. The zero-order valence-electron chi connectivity index (χ0n) is 11.4. The van der Waals surface area contributed by atoms with Crippen molar-refractivity contribution in [2.45, 2.75) is 46.0 Å². The highest BCUT2D eigenvalue weighted by molar-refractivity contribution is 7.92. The van der Waals surface area contributed by atoms with Gasteiger partial charge in [0.2, 0.25) is 10.0 Å². The summed E-state index contributed by atoms with van der Waals surface area (Å²) < 4.78 is 26.1. The third-order valence-corrected chi connectivity index (χ3v) is 4.50. The number of nitrogens with one attached hydrogen (secondary N) is 1. The zero-order chi connectivity index (χ0) is 13.6. The van der Waals surface area contributed by atoms with Crippen LogP contribution in [0.2, 0.25) is 0 Å². The zero-order valence-corrected chi connectivity index (χ0v) is 12.3. The molecule has 0 aliphatic heterocycles. The summed E-state index contributed by atoms with van der Waals surface area (Å²) >= 11 is 0. The highest BCUT2D eigenvalue weighted by atomic mass is 32.2. The van der Waals surface area contributed by atoms with Crippen molar-refractivity contribution >= 4 is 15.7 Å². The van der Waals surface area contributed by atoms with Crippen molar-refractivity contribution in [3.05, 3.63) is 29.8 Å². The van der Waals surface area contributed by atoms with Crippen molar-refractivity contribution in [1.82, 2.24) is 0 Å². The van der Waals surface area contributed by atoms with Crippen LogP contribution in [0.4, 0.5) is 5.69 Å². The molecule has 1 atom stereocenters. The van der Waals surface area contributed by atoms with Gasteiger partial charge in [0, 0.05) is 5.69 Å². The number of benzene rings is 1. The molecule has 0 unspecified atom stereocenters. The van der Waals surface area contributed by atoms with Crippen molar-refractivity contribution < 1.29 is 8.42 Å².